The van der Waals surface area contributed by atoms with Gasteiger partial charge in [-0.25, -0.2) is 0 Å². The maximum atomic E-state index is 12.1. The first-order chi connectivity index (χ1) is 8.99. The predicted molar refractivity (Wildman–Crippen MR) is 84.9 cm³/mol. The van der Waals surface area contributed by atoms with E-state index in [2.05, 4.69) is 32.9 Å². The van der Waals surface area contributed by atoms with Crippen LogP contribution in [0, 0.1) is 6.92 Å². The minimum atomic E-state index is -0.920. The van der Waals surface area contributed by atoms with Crippen LogP contribution in [0.5, 0.6) is 0 Å². The van der Waals surface area contributed by atoms with Gasteiger partial charge in [0.15, 0.2) is 4.90 Å². The Morgan fingerprint density at radius 3 is 2.58 bits per heavy atom. The van der Waals surface area contributed by atoms with E-state index in [0.29, 0.717) is 5.75 Å². The summed E-state index contributed by atoms with van der Waals surface area (Å²) in [6.07, 6.45) is 6.48. The molecule has 1 nitrogen and oxygen atoms in total. The van der Waals surface area contributed by atoms with Gasteiger partial charge in [0.1, 0.15) is 5.75 Å². The first-order valence-electron chi connectivity index (χ1n) is 6.73. The lowest BCUT2D eigenvalue weighted by Crippen LogP contribution is -2.05. The van der Waals surface area contributed by atoms with Crippen molar-refractivity contribution in [2.45, 2.75) is 45.4 Å². The zero-order valence-electron chi connectivity index (χ0n) is 12.4. The summed E-state index contributed by atoms with van der Waals surface area (Å²) in [5.41, 5.74) is 3.84. The Morgan fingerprint density at radius 1 is 1.21 bits per heavy atom. The van der Waals surface area contributed by atoms with E-state index in [9.17, 15) is 4.55 Å². The molecule has 0 saturated carbocycles. The standard InChI is InChI=1S/C17H24OS/c1-14(2)7-5-8-15(3)11-12-19(18)17-10-6-9-16(4)13-17/h6-7,9-11,13H,5,8,12H2,1-4H3. The fourth-order valence-electron chi connectivity index (χ4n) is 1.76. The quantitative estimate of drug-likeness (QED) is 0.541. The second-order valence-electron chi connectivity index (χ2n) is 5.20. The lowest BCUT2D eigenvalue weighted by molar-refractivity contribution is 0.597. The Morgan fingerprint density at radius 2 is 1.95 bits per heavy atom. The highest BCUT2D eigenvalue weighted by Gasteiger charge is 2.08. The van der Waals surface area contributed by atoms with Crippen LogP contribution in [0.4, 0.5) is 0 Å². The molecule has 0 aromatic heterocycles. The monoisotopic (exact) mass is 276 g/mol. The van der Waals surface area contributed by atoms with Crippen LogP contribution in [0.2, 0.25) is 0 Å². The van der Waals surface area contributed by atoms with Gasteiger partial charge in [0.05, 0.1) is 0 Å². The van der Waals surface area contributed by atoms with Gasteiger partial charge in [-0.15, -0.1) is 0 Å². The molecule has 0 saturated heterocycles. The van der Waals surface area contributed by atoms with E-state index >= 15 is 0 Å². The first-order valence-corrected chi connectivity index (χ1v) is 8.05. The Hall–Kier alpha value is -0.990. The molecular weight excluding hydrogens is 252 g/mol. The molecule has 0 radical (unpaired) electrons. The molecule has 0 spiro atoms. The maximum Gasteiger partial charge on any atom is 0.153 e. The smallest absolute Gasteiger partial charge is 0.153 e. The van der Waals surface area contributed by atoms with E-state index in [0.717, 1.165) is 23.3 Å². The van der Waals surface area contributed by atoms with Gasteiger partial charge in [-0.3, -0.25) is 0 Å². The van der Waals surface area contributed by atoms with E-state index in [4.69, 9.17) is 0 Å². The van der Waals surface area contributed by atoms with Gasteiger partial charge in [0.2, 0.25) is 0 Å². The van der Waals surface area contributed by atoms with Gasteiger partial charge in [0, 0.05) is 0 Å². The number of allylic oxidation sites excluding steroid dienone is 3. The lowest BCUT2D eigenvalue weighted by atomic mass is 10.1. The summed E-state index contributed by atoms with van der Waals surface area (Å²) in [4.78, 5) is 0.924. The van der Waals surface area contributed by atoms with Gasteiger partial charge in [-0.1, -0.05) is 29.4 Å². The molecule has 19 heavy (non-hydrogen) atoms. The molecule has 104 valence electrons. The molecule has 1 aromatic carbocycles. The Balaban J connectivity index is 2.48. The van der Waals surface area contributed by atoms with Crippen LogP contribution >= 0.6 is 0 Å². The molecule has 0 aliphatic heterocycles. The fourth-order valence-corrected chi connectivity index (χ4v) is 2.94. The zero-order valence-corrected chi connectivity index (χ0v) is 13.2. The van der Waals surface area contributed by atoms with E-state index in [1.165, 1.54) is 11.1 Å². The summed E-state index contributed by atoms with van der Waals surface area (Å²) in [7, 11) is 0. The van der Waals surface area contributed by atoms with Crippen LogP contribution < -0.4 is 0 Å². The van der Waals surface area contributed by atoms with Gasteiger partial charge in [0.25, 0.3) is 0 Å². The van der Waals surface area contributed by atoms with Crippen LogP contribution in [-0.2, 0) is 11.2 Å². The molecule has 0 bridgehead atoms. The van der Waals surface area contributed by atoms with Crippen molar-refractivity contribution < 1.29 is 4.55 Å². The predicted octanol–water partition coefficient (Wildman–Crippen LogP) is 4.80. The minimum absolute atomic E-state index is 0.615. The lowest BCUT2D eigenvalue weighted by Gasteiger charge is -2.09. The fraction of sp³-hybridized carbons (Fsp3) is 0.412. The van der Waals surface area contributed by atoms with E-state index in [1.807, 2.05) is 31.2 Å². The molecule has 1 atom stereocenters. The number of benzene rings is 1. The van der Waals surface area contributed by atoms with Crippen molar-refractivity contribution in [2.75, 3.05) is 5.75 Å². The highest BCUT2D eigenvalue weighted by molar-refractivity contribution is 7.91. The average Bonchev–Trinajstić information content (AvgIpc) is 2.35. The average molecular weight is 276 g/mol. The van der Waals surface area contributed by atoms with Crippen molar-refractivity contribution in [1.82, 2.24) is 0 Å². The summed E-state index contributed by atoms with van der Waals surface area (Å²) in [5.74, 6) is 0.615. The molecule has 1 aromatic rings. The molecule has 0 heterocycles. The minimum Gasteiger partial charge on any atom is -0.611 e. The number of hydrogen-bond acceptors (Lipinski definition) is 1. The number of hydrogen-bond donors (Lipinski definition) is 0. The van der Waals surface area contributed by atoms with Crippen molar-refractivity contribution in [3.8, 4) is 0 Å². The molecule has 2 heteroatoms. The summed E-state index contributed by atoms with van der Waals surface area (Å²) >= 11 is -0.920. The van der Waals surface area contributed by atoms with Crippen LogP contribution in [-0.4, -0.2) is 10.3 Å². The largest absolute Gasteiger partial charge is 0.611 e. The molecule has 0 fully saturated rings. The van der Waals surface area contributed by atoms with Crippen LogP contribution in [0.3, 0.4) is 0 Å². The third kappa shape index (κ3) is 6.65. The third-order valence-corrected chi connectivity index (χ3v) is 4.18. The normalized spacial score (nSPS) is 13.2. The summed E-state index contributed by atoms with van der Waals surface area (Å²) in [6, 6.07) is 7.94. The SMILES string of the molecule is CC(C)=CCCC(C)=CC[S+]([O-])c1cccc(C)c1. The van der Waals surface area contributed by atoms with Gasteiger partial charge >= 0.3 is 0 Å². The van der Waals surface area contributed by atoms with Crippen molar-refractivity contribution >= 4 is 11.2 Å². The topological polar surface area (TPSA) is 23.1 Å². The zero-order chi connectivity index (χ0) is 14.3. The van der Waals surface area contributed by atoms with Crippen molar-refractivity contribution in [1.29, 1.82) is 0 Å². The Labute approximate surface area is 120 Å². The highest BCUT2D eigenvalue weighted by Crippen LogP contribution is 2.14. The molecule has 1 unspecified atom stereocenters. The van der Waals surface area contributed by atoms with Crippen molar-refractivity contribution in [3.63, 3.8) is 0 Å². The van der Waals surface area contributed by atoms with Crippen molar-refractivity contribution in [3.05, 3.63) is 53.1 Å². The molecule has 1 rings (SSSR count). The van der Waals surface area contributed by atoms with E-state index in [1.54, 1.807) is 0 Å². The van der Waals surface area contributed by atoms with Gasteiger partial charge in [-0.05, 0) is 75.5 Å². The Bertz CT molecular complexity index is 456. The molecule has 0 aliphatic rings. The summed E-state index contributed by atoms with van der Waals surface area (Å²) in [6.45, 7) is 8.38. The van der Waals surface area contributed by atoms with Crippen molar-refractivity contribution in [2.24, 2.45) is 0 Å². The third-order valence-electron chi connectivity index (χ3n) is 2.93. The second-order valence-corrected chi connectivity index (χ2v) is 6.70. The van der Waals surface area contributed by atoms with Crippen LogP contribution in [0.1, 0.15) is 39.2 Å². The first kappa shape index (κ1) is 16.1. The number of rotatable bonds is 6. The van der Waals surface area contributed by atoms with Crippen LogP contribution in [0.15, 0.2) is 52.5 Å². The number of aryl methyl sites for hydroxylation is 1. The molecule has 0 aliphatic carbocycles. The molecular formula is C17H24OS. The molecule has 0 N–H and O–H groups in total. The maximum absolute atomic E-state index is 12.1. The Kier molecular flexibility index (Phi) is 6.96. The van der Waals surface area contributed by atoms with Gasteiger partial charge in [-0.2, -0.15) is 0 Å². The van der Waals surface area contributed by atoms with Gasteiger partial charge < -0.3 is 4.55 Å². The summed E-state index contributed by atoms with van der Waals surface area (Å²) < 4.78 is 12.1. The second kappa shape index (κ2) is 8.23. The van der Waals surface area contributed by atoms with E-state index < -0.39 is 11.2 Å². The van der Waals surface area contributed by atoms with E-state index in [-0.39, 0.29) is 0 Å². The molecule has 0 amide bonds. The highest BCUT2D eigenvalue weighted by atomic mass is 32.2. The summed E-state index contributed by atoms with van der Waals surface area (Å²) in [5, 5.41) is 0. The van der Waals surface area contributed by atoms with Crippen LogP contribution in [0.25, 0.3) is 0 Å².